The molecule has 0 aliphatic heterocycles. The van der Waals surface area contributed by atoms with E-state index in [9.17, 15) is 8.42 Å². The molecule has 5 heteroatoms. The second-order valence-electron chi connectivity index (χ2n) is 4.82. The maximum Gasteiger partial charge on any atom is 0.216 e. The summed E-state index contributed by atoms with van der Waals surface area (Å²) in [7, 11) is -3.28. The van der Waals surface area contributed by atoms with Crippen LogP contribution in [0.1, 0.15) is 34.6 Å². The average Bonchev–Trinajstić information content (AvgIpc) is 1.97. The molecule has 0 aromatic heterocycles. The Hall–Kier alpha value is -0.130. The summed E-state index contributed by atoms with van der Waals surface area (Å²) in [6, 6.07) is -0.181. The monoisotopic (exact) mass is 222 g/mol. The zero-order valence-corrected chi connectivity index (χ0v) is 10.5. The van der Waals surface area contributed by atoms with Crippen molar-refractivity contribution in [3.8, 4) is 0 Å². The summed E-state index contributed by atoms with van der Waals surface area (Å²) in [6.45, 7) is 9.23. The van der Waals surface area contributed by atoms with Crippen molar-refractivity contribution in [1.82, 2.24) is 4.72 Å². The number of hydrogen-bond donors (Lipinski definition) is 2. The Morgan fingerprint density at radius 3 is 1.93 bits per heavy atom. The molecule has 0 fully saturated rings. The molecule has 0 aliphatic carbocycles. The molecule has 0 rings (SSSR count). The molecule has 0 amide bonds. The van der Waals surface area contributed by atoms with Gasteiger partial charge >= 0.3 is 0 Å². The Kier molecular flexibility index (Phi) is 4.55. The maximum absolute atomic E-state index is 11.8. The summed E-state index contributed by atoms with van der Waals surface area (Å²) >= 11 is 0. The predicted molar refractivity (Wildman–Crippen MR) is 59.5 cm³/mol. The lowest BCUT2D eigenvalue weighted by Gasteiger charge is -2.26. The lowest BCUT2D eigenvalue weighted by atomic mass is 10.1. The first kappa shape index (κ1) is 13.9. The van der Waals surface area contributed by atoms with Gasteiger partial charge in [-0.15, -0.1) is 0 Å². The van der Waals surface area contributed by atoms with Crippen LogP contribution in [0.25, 0.3) is 0 Å². The fourth-order valence-corrected chi connectivity index (χ4v) is 1.95. The summed E-state index contributed by atoms with van der Waals surface area (Å²) < 4.78 is 25.4. The van der Waals surface area contributed by atoms with Gasteiger partial charge in [0.05, 0.1) is 4.75 Å². The molecule has 0 heterocycles. The molecule has 0 saturated carbocycles. The highest BCUT2D eigenvalue weighted by Gasteiger charge is 2.31. The third-order valence-electron chi connectivity index (χ3n) is 2.17. The van der Waals surface area contributed by atoms with E-state index in [0.717, 1.165) is 0 Å². The first-order chi connectivity index (χ1) is 6.12. The standard InChI is InChI=1S/C9H22N2O2S/c1-7(2)8(6-10)11-14(12,13)9(3,4)5/h7-8,11H,6,10H2,1-5H3. The predicted octanol–water partition coefficient (Wildman–Crippen LogP) is 0.688. The van der Waals surface area contributed by atoms with Gasteiger partial charge in [0.25, 0.3) is 0 Å². The summed E-state index contributed by atoms with van der Waals surface area (Å²) in [6.07, 6.45) is 0. The number of hydrogen-bond acceptors (Lipinski definition) is 3. The molecule has 0 bridgehead atoms. The minimum atomic E-state index is -3.28. The van der Waals surface area contributed by atoms with Gasteiger partial charge < -0.3 is 5.73 Å². The van der Waals surface area contributed by atoms with Crippen molar-refractivity contribution in [2.24, 2.45) is 11.7 Å². The van der Waals surface area contributed by atoms with Crippen molar-refractivity contribution in [3.63, 3.8) is 0 Å². The van der Waals surface area contributed by atoms with Crippen molar-refractivity contribution in [1.29, 1.82) is 0 Å². The smallest absolute Gasteiger partial charge is 0.216 e. The van der Waals surface area contributed by atoms with Crippen LogP contribution in [0.4, 0.5) is 0 Å². The van der Waals surface area contributed by atoms with E-state index < -0.39 is 14.8 Å². The minimum absolute atomic E-state index is 0.181. The Morgan fingerprint density at radius 1 is 1.29 bits per heavy atom. The summed E-state index contributed by atoms with van der Waals surface area (Å²) in [5.74, 6) is 0.206. The molecule has 0 saturated heterocycles. The van der Waals surface area contributed by atoms with E-state index in [2.05, 4.69) is 4.72 Å². The molecule has 0 aromatic carbocycles. The first-order valence-electron chi connectivity index (χ1n) is 4.83. The van der Waals surface area contributed by atoms with E-state index in [4.69, 9.17) is 5.73 Å². The summed E-state index contributed by atoms with van der Waals surface area (Å²) in [5.41, 5.74) is 5.50. The van der Waals surface area contributed by atoms with E-state index in [1.54, 1.807) is 20.8 Å². The number of rotatable bonds is 4. The van der Waals surface area contributed by atoms with E-state index in [1.165, 1.54) is 0 Å². The molecule has 0 spiro atoms. The zero-order valence-electron chi connectivity index (χ0n) is 9.66. The van der Waals surface area contributed by atoms with Crippen molar-refractivity contribution < 1.29 is 8.42 Å². The number of sulfonamides is 1. The van der Waals surface area contributed by atoms with Gasteiger partial charge in [0.1, 0.15) is 0 Å². The molecule has 1 unspecified atom stereocenters. The van der Waals surface area contributed by atoms with E-state index >= 15 is 0 Å². The van der Waals surface area contributed by atoms with Gasteiger partial charge in [-0.05, 0) is 26.7 Å². The third kappa shape index (κ3) is 3.55. The van der Waals surface area contributed by atoms with Crippen LogP contribution in [0.2, 0.25) is 0 Å². The fraction of sp³-hybridized carbons (Fsp3) is 1.00. The Labute approximate surface area is 87.3 Å². The summed E-state index contributed by atoms with van der Waals surface area (Å²) in [5, 5.41) is 0. The molecule has 86 valence electrons. The SMILES string of the molecule is CC(C)C(CN)NS(=O)(=O)C(C)(C)C. The molecule has 1 atom stereocenters. The molecular weight excluding hydrogens is 200 g/mol. The number of nitrogens with one attached hydrogen (secondary N) is 1. The van der Waals surface area contributed by atoms with E-state index in [-0.39, 0.29) is 12.0 Å². The molecular formula is C9H22N2O2S. The molecule has 0 aromatic rings. The van der Waals surface area contributed by atoms with Crippen molar-refractivity contribution in [2.45, 2.75) is 45.4 Å². The third-order valence-corrected chi connectivity index (χ3v) is 4.40. The van der Waals surface area contributed by atoms with Crippen LogP contribution in [0.15, 0.2) is 0 Å². The Balaban J connectivity index is 4.67. The topological polar surface area (TPSA) is 72.2 Å². The van der Waals surface area contributed by atoms with Crippen molar-refractivity contribution >= 4 is 10.0 Å². The highest BCUT2D eigenvalue weighted by atomic mass is 32.2. The van der Waals surface area contributed by atoms with Gasteiger partial charge in [-0.1, -0.05) is 13.8 Å². The molecule has 0 aliphatic rings. The van der Waals surface area contributed by atoms with Gasteiger partial charge in [-0.2, -0.15) is 0 Å². The van der Waals surface area contributed by atoms with Gasteiger partial charge in [-0.3, -0.25) is 0 Å². The summed E-state index contributed by atoms with van der Waals surface area (Å²) in [4.78, 5) is 0. The Bertz CT molecular complexity index is 265. The maximum atomic E-state index is 11.8. The zero-order chi connectivity index (χ0) is 11.6. The average molecular weight is 222 g/mol. The highest BCUT2D eigenvalue weighted by molar-refractivity contribution is 7.90. The van der Waals surface area contributed by atoms with Gasteiger partial charge in [0.15, 0.2) is 0 Å². The quantitative estimate of drug-likeness (QED) is 0.735. The van der Waals surface area contributed by atoms with Gasteiger partial charge in [0.2, 0.25) is 10.0 Å². The second kappa shape index (κ2) is 4.59. The first-order valence-corrected chi connectivity index (χ1v) is 6.32. The van der Waals surface area contributed by atoms with Gasteiger partial charge in [0, 0.05) is 12.6 Å². The van der Waals surface area contributed by atoms with Crippen molar-refractivity contribution in [2.75, 3.05) is 6.54 Å². The lowest BCUT2D eigenvalue weighted by molar-refractivity contribution is 0.445. The molecule has 0 radical (unpaired) electrons. The van der Waals surface area contributed by atoms with Crippen LogP contribution < -0.4 is 10.5 Å². The van der Waals surface area contributed by atoms with E-state index in [0.29, 0.717) is 6.54 Å². The van der Waals surface area contributed by atoms with Crippen LogP contribution in [-0.4, -0.2) is 25.8 Å². The normalized spacial score (nSPS) is 15.9. The van der Waals surface area contributed by atoms with Crippen LogP contribution >= 0.6 is 0 Å². The van der Waals surface area contributed by atoms with Gasteiger partial charge in [-0.25, -0.2) is 13.1 Å². The second-order valence-corrected chi connectivity index (χ2v) is 7.29. The minimum Gasteiger partial charge on any atom is -0.329 e. The largest absolute Gasteiger partial charge is 0.329 e. The fourth-order valence-electron chi connectivity index (χ4n) is 0.832. The van der Waals surface area contributed by atoms with Crippen LogP contribution in [0.5, 0.6) is 0 Å². The Morgan fingerprint density at radius 2 is 1.71 bits per heavy atom. The van der Waals surface area contributed by atoms with Crippen molar-refractivity contribution in [3.05, 3.63) is 0 Å². The van der Waals surface area contributed by atoms with Crippen LogP contribution in [0.3, 0.4) is 0 Å². The van der Waals surface area contributed by atoms with E-state index in [1.807, 2.05) is 13.8 Å². The number of nitrogens with two attached hydrogens (primary N) is 1. The lowest BCUT2D eigenvalue weighted by Crippen LogP contribution is -2.49. The van der Waals surface area contributed by atoms with Crippen LogP contribution in [-0.2, 0) is 10.0 Å². The van der Waals surface area contributed by atoms with Crippen LogP contribution in [0, 0.1) is 5.92 Å². The molecule has 4 nitrogen and oxygen atoms in total. The highest BCUT2D eigenvalue weighted by Crippen LogP contribution is 2.15. The molecule has 14 heavy (non-hydrogen) atoms. The molecule has 3 N–H and O–H groups in total.